The molecular weight excluding hydrogens is 416 g/mol. The van der Waals surface area contributed by atoms with Crippen LogP contribution in [0.5, 0.6) is 11.5 Å². The van der Waals surface area contributed by atoms with Crippen LogP contribution in [-0.2, 0) is 0 Å². The van der Waals surface area contributed by atoms with E-state index in [-0.39, 0.29) is 5.91 Å². The number of fused-ring (bicyclic) bond motifs is 1. The third-order valence-corrected chi connectivity index (χ3v) is 5.44. The Hall–Kier alpha value is -1.83. The SMILES string of the molecule is COc1ccc(Br)c(C(=O)Nc2nc3c(OC)ccc(Cl)c3s2)c1. The lowest BCUT2D eigenvalue weighted by Gasteiger charge is -2.06. The van der Waals surface area contributed by atoms with Crippen molar-refractivity contribution >= 4 is 60.1 Å². The summed E-state index contributed by atoms with van der Waals surface area (Å²) in [5, 5.41) is 3.79. The molecule has 0 fully saturated rings. The maximum Gasteiger partial charge on any atom is 0.258 e. The van der Waals surface area contributed by atoms with Gasteiger partial charge in [0, 0.05) is 4.47 Å². The van der Waals surface area contributed by atoms with Crippen LogP contribution in [-0.4, -0.2) is 25.1 Å². The number of benzene rings is 2. The lowest BCUT2D eigenvalue weighted by atomic mass is 10.2. The average molecular weight is 428 g/mol. The topological polar surface area (TPSA) is 60.5 Å². The Morgan fingerprint density at radius 2 is 2.04 bits per heavy atom. The molecule has 1 heterocycles. The molecule has 0 radical (unpaired) electrons. The number of anilines is 1. The predicted molar refractivity (Wildman–Crippen MR) is 99.8 cm³/mol. The smallest absolute Gasteiger partial charge is 0.258 e. The number of aromatic nitrogens is 1. The van der Waals surface area contributed by atoms with Gasteiger partial charge in [-0.25, -0.2) is 4.98 Å². The van der Waals surface area contributed by atoms with Gasteiger partial charge in [0.2, 0.25) is 0 Å². The van der Waals surface area contributed by atoms with Crippen LogP contribution in [0.25, 0.3) is 10.2 Å². The van der Waals surface area contributed by atoms with E-state index in [1.165, 1.54) is 11.3 Å². The molecule has 2 aromatic carbocycles. The monoisotopic (exact) mass is 426 g/mol. The fourth-order valence-corrected chi connectivity index (χ4v) is 3.72. The Balaban J connectivity index is 1.95. The van der Waals surface area contributed by atoms with Gasteiger partial charge in [0.05, 0.1) is 29.5 Å². The van der Waals surface area contributed by atoms with Gasteiger partial charge >= 0.3 is 0 Å². The highest BCUT2D eigenvalue weighted by atomic mass is 79.9. The second kappa shape index (κ2) is 6.96. The number of nitrogens with zero attached hydrogens (tertiary/aromatic N) is 1. The van der Waals surface area contributed by atoms with Crippen molar-refractivity contribution in [2.24, 2.45) is 0 Å². The maximum atomic E-state index is 12.5. The summed E-state index contributed by atoms with van der Waals surface area (Å²) in [7, 11) is 3.11. The highest BCUT2D eigenvalue weighted by Crippen LogP contribution is 2.37. The van der Waals surface area contributed by atoms with Crippen molar-refractivity contribution in [3.05, 3.63) is 45.4 Å². The first-order valence-electron chi connectivity index (χ1n) is 6.81. The number of ether oxygens (including phenoxy) is 2. The lowest BCUT2D eigenvalue weighted by molar-refractivity contribution is 0.102. The minimum Gasteiger partial charge on any atom is -0.497 e. The molecule has 124 valence electrons. The molecule has 0 saturated heterocycles. The van der Waals surface area contributed by atoms with Gasteiger partial charge in [0.1, 0.15) is 17.0 Å². The van der Waals surface area contributed by atoms with Crippen molar-refractivity contribution in [1.82, 2.24) is 4.98 Å². The van der Waals surface area contributed by atoms with Gasteiger partial charge in [-0.3, -0.25) is 10.1 Å². The summed E-state index contributed by atoms with van der Waals surface area (Å²) in [5.41, 5.74) is 1.07. The fourth-order valence-electron chi connectivity index (χ4n) is 2.14. The van der Waals surface area contributed by atoms with E-state index in [1.54, 1.807) is 44.6 Å². The van der Waals surface area contributed by atoms with Gasteiger partial charge in [0.25, 0.3) is 5.91 Å². The largest absolute Gasteiger partial charge is 0.497 e. The molecule has 0 spiro atoms. The van der Waals surface area contributed by atoms with Crippen molar-refractivity contribution in [3.8, 4) is 11.5 Å². The second-order valence-electron chi connectivity index (χ2n) is 4.75. The number of hydrogen-bond acceptors (Lipinski definition) is 5. The number of nitrogens with one attached hydrogen (secondary N) is 1. The molecule has 1 aromatic heterocycles. The molecule has 0 atom stereocenters. The zero-order valence-electron chi connectivity index (χ0n) is 12.7. The number of amides is 1. The normalized spacial score (nSPS) is 10.7. The van der Waals surface area contributed by atoms with E-state index in [2.05, 4.69) is 26.2 Å². The molecule has 8 heteroatoms. The van der Waals surface area contributed by atoms with Gasteiger partial charge in [0.15, 0.2) is 5.13 Å². The molecular formula is C16H12BrClN2O3S. The first-order valence-corrected chi connectivity index (χ1v) is 8.80. The number of carbonyl (C=O) groups excluding carboxylic acids is 1. The van der Waals surface area contributed by atoms with E-state index < -0.39 is 0 Å². The summed E-state index contributed by atoms with van der Waals surface area (Å²) in [4.78, 5) is 16.9. The lowest BCUT2D eigenvalue weighted by Crippen LogP contribution is -2.12. The minimum atomic E-state index is -0.296. The summed E-state index contributed by atoms with van der Waals surface area (Å²) < 4.78 is 11.9. The van der Waals surface area contributed by atoms with Crippen LogP contribution in [0, 0.1) is 0 Å². The van der Waals surface area contributed by atoms with E-state index in [1.807, 2.05) is 0 Å². The molecule has 3 rings (SSSR count). The Labute approximate surface area is 155 Å². The van der Waals surface area contributed by atoms with Gasteiger partial charge in [-0.05, 0) is 46.3 Å². The molecule has 3 aromatic rings. The Kier molecular flexibility index (Phi) is 4.93. The van der Waals surface area contributed by atoms with Crippen molar-refractivity contribution in [2.45, 2.75) is 0 Å². The van der Waals surface area contributed by atoms with Crippen LogP contribution < -0.4 is 14.8 Å². The number of rotatable bonds is 4. The molecule has 0 aliphatic heterocycles. The molecule has 0 bridgehead atoms. The first kappa shape index (κ1) is 17.0. The van der Waals surface area contributed by atoms with Crippen LogP contribution in [0.3, 0.4) is 0 Å². The molecule has 0 aliphatic carbocycles. The highest BCUT2D eigenvalue weighted by molar-refractivity contribution is 9.10. The van der Waals surface area contributed by atoms with Gasteiger partial charge in [-0.2, -0.15) is 0 Å². The summed E-state index contributed by atoms with van der Waals surface area (Å²) in [6, 6.07) is 8.66. The van der Waals surface area contributed by atoms with E-state index in [0.29, 0.717) is 37.2 Å². The zero-order valence-corrected chi connectivity index (χ0v) is 15.9. The Morgan fingerprint density at radius 1 is 1.25 bits per heavy atom. The highest BCUT2D eigenvalue weighted by Gasteiger charge is 2.16. The molecule has 0 aliphatic rings. The molecule has 0 saturated carbocycles. The summed E-state index contributed by atoms with van der Waals surface area (Å²) in [5.74, 6) is 0.904. The van der Waals surface area contributed by atoms with Crippen LogP contribution in [0.2, 0.25) is 5.02 Å². The summed E-state index contributed by atoms with van der Waals surface area (Å²) in [6.07, 6.45) is 0. The number of hydrogen-bond donors (Lipinski definition) is 1. The number of thiazole rings is 1. The van der Waals surface area contributed by atoms with Crippen molar-refractivity contribution in [1.29, 1.82) is 0 Å². The van der Waals surface area contributed by atoms with Gasteiger partial charge in [-0.1, -0.05) is 22.9 Å². The Morgan fingerprint density at radius 3 is 2.75 bits per heavy atom. The third kappa shape index (κ3) is 3.19. The van der Waals surface area contributed by atoms with E-state index >= 15 is 0 Å². The van der Waals surface area contributed by atoms with Crippen LogP contribution in [0.15, 0.2) is 34.8 Å². The van der Waals surface area contributed by atoms with Crippen molar-refractivity contribution in [3.63, 3.8) is 0 Å². The van der Waals surface area contributed by atoms with Gasteiger partial charge < -0.3 is 9.47 Å². The van der Waals surface area contributed by atoms with Gasteiger partial charge in [-0.15, -0.1) is 0 Å². The standard InChI is InChI=1S/C16H12BrClN2O3S/c1-22-8-3-4-10(17)9(7-8)15(21)20-16-19-13-12(23-2)6-5-11(18)14(13)24-16/h3-7H,1-2H3,(H,19,20,21). The quantitative estimate of drug-likeness (QED) is 0.638. The van der Waals surface area contributed by atoms with E-state index in [9.17, 15) is 4.79 Å². The third-order valence-electron chi connectivity index (χ3n) is 3.32. The zero-order chi connectivity index (χ0) is 17.3. The number of methoxy groups -OCH3 is 2. The average Bonchev–Trinajstić information content (AvgIpc) is 3.00. The van der Waals surface area contributed by atoms with Crippen molar-refractivity contribution in [2.75, 3.05) is 19.5 Å². The molecule has 24 heavy (non-hydrogen) atoms. The van der Waals surface area contributed by atoms with E-state index in [4.69, 9.17) is 21.1 Å². The molecule has 5 nitrogen and oxygen atoms in total. The fraction of sp³-hybridized carbons (Fsp3) is 0.125. The van der Waals surface area contributed by atoms with Crippen LogP contribution in [0.4, 0.5) is 5.13 Å². The van der Waals surface area contributed by atoms with Crippen LogP contribution >= 0.6 is 38.9 Å². The summed E-state index contributed by atoms with van der Waals surface area (Å²) >= 11 is 10.9. The molecule has 0 unspecified atom stereocenters. The first-order chi connectivity index (χ1) is 11.5. The van der Waals surface area contributed by atoms with Crippen molar-refractivity contribution < 1.29 is 14.3 Å². The maximum absolute atomic E-state index is 12.5. The molecule has 1 N–H and O–H groups in total. The predicted octanol–water partition coefficient (Wildman–Crippen LogP) is 4.98. The summed E-state index contributed by atoms with van der Waals surface area (Å²) in [6.45, 7) is 0. The van der Waals surface area contributed by atoms with E-state index in [0.717, 1.165) is 4.70 Å². The number of carbonyl (C=O) groups is 1. The second-order valence-corrected chi connectivity index (χ2v) is 7.01. The Bertz CT molecular complexity index is 929. The minimum absolute atomic E-state index is 0.296. The molecule has 1 amide bonds. The van der Waals surface area contributed by atoms with Crippen LogP contribution in [0.1, 0.15) is 10.4 Å². The number of halogens is 2.